The van der Waals surface area contributed by atoms with Gasteiger partial charge in [-0.1, -0.05) is 0 Å². The van der Waals surface area contributed by atoms with E-state index in [4.69, 9.17) is 5.73 Å². The molecule has 2 bridgehead atoms. The van der Waals surface area contributed by atoms with Gasteiger partial charge in [-0.3, -0.25) is 9.48 Å². The van der Waals surface area contributed by atoms with Crippen molar-refractivity contribution in [1.29, 1.82) is 0 Å². The highest BCUT2D eigenvalue weighted by atomic mass is 35.5. The second kappa shape index (κ2) is 7.47. The van der Waals surface area contributed by atoms with Crippen LogP contribution in [0, 0.1) is 17.8 Å². The summed E-state index contributed by atoms with van der Waals surface area (Å²) in [6.07, 6.45) is 7.23. The van der Waals surface area contributed by atoms with Gasteiger partial charge in [0.25, 0.3) is 0 Å². The number of halogens is 2. The van der Waals surface area contributed by atoms with Gasteiger partial charge < -0.3 is 10.6 Å². The van der Waals surface area contributed by atoms with E-state index in [1.807, 2.05) is 28.9 Å². The predicted molar refractivity (Wildman–Crippen MR) is 86.7 cm³/mol. The van der Waals surface area contributed by atoms with Gasteiger partial charge >= 0.3 is 0 Å². The fourth-order valence-electron chi connectivity index (χ4n) is 3.75. The topological polar surface area (TPSA) is 64.2 Å². The molecule has 1 amide bonds. The summed E-state index contributed by atoms with van der Waals surface area (Å²) in [5.74, 6) is 1.39. The summed E-state index contributed by atoms with van der Waals surface area (Å²) in [6, 6.07) is 1.98. The third-order valence-corrected chi connectivity index (χ3v) is 4.87. The number of nitrogens with two attached hydrogens (primary N) is 1. The summed E-state index contributed by atoms with van der Waals surface area (Å²) in [4.78, 5) is 14.3. The van der Waals surface area contributed by atoms with E-state index in [1.54, 1.807) is 6.20 Å². The minimum Gasteiger partial charge on any atom is -0.344 e. The molecule has 0 aliphatic heterocycles. The maximum atomic E-state index is 12.5. The highest BCUT2D eigenvalue weighted by molar-refractivity contribution is 5.85. The zero-order chi connectivity index (χ0) is 13.4. The van der Waals surface area contributed by atoms with Crippen LogP contribution in [0.25, 0.3) is 0 Å². The van der Waals surface area contributed by atoms with Gasteiger partial charge in [-0.05, 0) is 37.2 Å². The summed E-state index contributed by atoms with van der Waals surface area (Å²) in [5.41, 5.74) is 6.23. The first-order valence-electron chi connectivity index (χ1n) is 7.15. The second-order valence-corrected chi connectivity index (χ2v) is 5.97. The molecule has 2 fully saturated rings. The molecular formula is C14H24Cl2N4O. The number of rotatable bonds is 4. The fraction of sp³-hybridized carbons (Fsp3) is 0.714. The van der Waals surface area contributed by atoms with Crippen LogP contribution in [0.1, 0.15) is 19.3 Å². The van der Waals surface area contributed by atoms with Crippen molar-refractivity contribution in [2.75, 3.05) is 13.6 Å². The number of hydrogen-bond donors (Lipinski definition) is 1. The van der Waals surface area contributed by atoms with Crippen LogP contribution in [0.4, 0.5) is 0 Å². The number of carbonyl (C=O) groups excluding carboxylic acids is 1. The lowest BCUT2D eigenvalue weighted by molar-refractivity contribution is -0.136. The van der Waals surface area contributed by atoms with E-state index < -0.39 is 0 Å². The Labute approximate surface area is 138 Å². The quantitative estimate of drug-likeness (QED) is 0.908. The third kappa shape index (κ3) is 3.52. The standard InChI is InChI=1S/C14H22N4O.2ClH/c1-17(7-8-18-6-2-5-16-18)14(19)12-10-3-4-11(9-10)13(12)15;;/h2,5-6,10-13H,3-4,7-9,15H2,1H3;2*1H. The molecule has 2 N–H and O–H groups in total. The summed E-state index contributed by atoms with van der Waals surface area (Å²) in [7, 11) is 1.88. The number of amides is 1. The van der Waals surface area contributed by atoms with Crippen LogP contribution < -0.4 is 5.73 Å². The molecule has 21 heavy (non-hydrogen) atoms. The Morgan fingerprint density at radius 1 is 1.38 bits per heavy atom. The van der Waals surface area contributed by atoms with Gasteiger partial charge in [0.15, 0.2) is 0 Å². The van der Waals surface area contributed by atoms with E-state index in [9.17, 15) is 4.79 Å². The van der Waals surface area contributed by atoms with Crippen LogP contribution in [-0.4, -0.2) is 40.2 Å². The normalized spacial score (nSPS) is 29.6. The molecule has 0 saturated heterocycles. The molecule has 1 aromatic heterocycles. The summed E-state index contributed by atoms with van der Waals surface area (Å²) in [6.45, 7) is 1.44. The first-order valence-corrected chi connectivity index (χ1v) is 7.15. The highest BCUT2D eigenvalue weighted by Gasteiger charge is 2.49. The van der Waals surface area contributed by atoms with Gasteiger partial charge in [-0.25, -0.2) is 0 Å². The summed E-state index contributed by atoms with van der Waals surface area (Å²) in [5, 5.41) is 4.15. The zero-order valence-electron chi connectivity index (χ0n) is 12.2. The van der Waals surface area contributed by atoms with E-state index >= 15 is 0 Å². The van der Waals surface area contributed by atoms with Crippen molar-refractivity contribution < 1.29 is 4.79 Å². The van der Waals surface area contributed by atoms with Gasteiger partial charge in [0.05, 0.1) is 12.5 Å². The lowest BCUT2D eigenvalue weighted by Crippen LogP contribution is -2.46. The average Bonchev–Trinajstić information content (AvgIpc) is 3.11. The Morgan fingerprint density at radius 3 is 2.67 bits per heavy atom. The molecule has 0 spiro atoms. The summed E-state index contributed by atoms with van der Waals surface area (Å²) < 4.78 is 1.85. The van der Waals surface area contributed by atoms with E-state index in [-0.39, 0.29) is 42.7 Å². The minimum atomic E-state index is 0. The van der Waals surface area contributed by atoms with Crippen LogP contribution in [-0.2, 0) is 11.3 Å². The SMILES string of the molecule is CN(CCn1cccn1)C(=O)C1C2CCC(C2)C1N.Cl.Cl. The van der Waals surface area contributed by atoms with Crippen LogP contribution in [0.5, 0.6) is 0 Å². The number of carbonyl (C=O) groups is 1. The molecule has 4 unspecified atom stereocenters. The second-order valence-electron chi connectivity index (χ2n) is 5.97. The maximum absolute atomic E-state index is 12.5. The largest absolute Gasteiger partial charge is 0.344 e. The molecule has 3 rings (SSSR count). The van der Waals surface area contributed by atoms with Crippen LogP contribution in [0.2, 0.25) is 0 Å². The van der Waals surface area contributed by atoms with Crippen molar-refractivity contribution in [2.45, 2.75) is 31.8 Å². The number of nitrogens with zero attached hydrogens (tertiary/aromatic N) is 3. The zero-order valence-corrected chi connectivity index (χ0v) is 13.9. The van der Waals surface area contributed by atoms with Crippen LogP contribution in [0.3, 0.4) is 0 Å². The number of fused-ring (bicyclic) bond motifs is 2. The van der Waals surface area contributed by atoms with Crippen LogP contribution >= 0.6 is 24.8 Å². The van der Waals surface area contributed by atoms with Crippen molar-refractivity contribution in [1.82, 2.24) is 14.7 Å². The van der Waals surface area contributed by atoms with Crippen molar-refractivity contribution in [2.24, 2.45) is 23.5 Å². The Balaban J connectivity index is 0.00000110. The first kappa shape index (κ1) is 18.3. The van der Waals surface area contributed by atoms with E-state index in [0.29, 0.717) is 18.4 Å². The van der Waals surface area contributed by atoms with E-state index in [1.165, 1.54) is 12.8 Å². The Hall–Kier alpha value is -0.780. The molecular weight excluding hydrogens is 311 g/mol. The van der Waals surface area contributed by atoms with Gasteiger partial charge in [0, 0.05) is 32.0 Å². The Kier molecular flexibility index (Phi) is 6.50. The molecule has 1 aromatic rings. The number of likely N-dealkylation sites (N-methyl/N-ethyl adjacent to an activating group) is 1. The molecule has 1 heterocycles. The van der Waals surface area contributed by atoms with Crippen molar-refractivity contribution in [3.05, 3.63) is 18.5 Å². The monoisotopic (exact) mass is 334 g/mol. The molecule has 7 heteroatoms. The predicted octanol–water partition coefficient (Wildman–Crippen LogP) is 1.56. The lowest BCUT2D eigenvalue weighted by atomic mass is 9.84. The van der Waals surface area contributed by atoms with Gasteiger partial charge in [0.1, 0.15) is 0 Å². The summed E-state index contributed by atoms with van der Waals surface area (Å²) >= 11 is 0. The van der Waals surface area contributed by atoms with Gasteiger partial charge in [0.2, 0.25) is 5.91 Å². The molecule has 4 atom stereocenters. The van der Waals surface area contributed by atoms with Crippen LogP contribution in [0.15, 0.2) is 18.5 Å². The third-order valence-electron chi connectivity index (χ3n) is 4.87. The Bertz CT molecular complexity index is 452. The molecule has 120 valence electrons. The number of aromatic nitrogens is 2. The maximum Gasteiger partial charge on any atom is 0.227 e. The molecule has 2 aliphatic rings. The van der Waals surface area contributed by atoms with E-state index in [2.05, 4.69) is 5.10 Å². The van der Waals surface area contributed by atoms with E-state index in [0.717, 1.165) is 13.0 Å². The van der Waals surface area contributed by atoms with Gasteiger partial charge in [-0.15, -0.1) is 24.8 Å². The lowest BCUT2D eigenvalue weighted by Gasteiger charge is -2.30. The smallest absolute Gasteiger partial charge is 0.227 e. The van der Waals surface area contributed by atoms with Crippen molar-refractivity contribution >= 4 is 30.7 Å². The highest BCUT2D eigenvalue weighted by Crippen LogP contribution is 2.48. The first-order chi connectivity index (χ1) is 9.16. The van der Waals surface area contributed by atoms with Crippen molar-refractivity contribution in [3.63, 3.8) is 0 Å². The van der Waals surface area contributed by atoms with Crippen molar-refractivity contribution in [3.8, 4) is 0 Å². The average molecular weight is 335 g/mol. The Morgan fingerprint density at radius 2 is 2.10 bits per heavy atom. The molecule has 0 aromatic carbocycles. The minimum absolute atomic E-state index is 0. The molecule has 2 saturated carbocycles. The number of hydrogen-bond acceptors (Lipinski definition) is 3. The fourth-order valence-corrected chi connectivity index (χ4v) is 3.75. The molecule has 2 aliphatic carbocycles. The van der Waals surface area contributed by atoms with Gasteiger partial charge in [-0.2, -0.15) is 5.10 Å². The molecule has 5 nitrogen and oxygen atoms in total. The molecule has 0 radical (unpaired) electrons.